The third-order valence-electron chi connectivity index (χ3n) is 3.59. The van der Waals surface area contributed by atoms with E-state index in [-0.39, 0.29) is 0 Å². The Bertz CT molecular complexity index is 457. The van der Waals surface area contributed by atoms with Crippen LogP contribution in [0.4, 0.5) is 0 Å². The van der Waals surface area contributed by atoms with E-state index in [1.165, 1.54) is 0 Å². The van der Waals surface area contributed by atoms with E-state index in [2.05, 4.69) is 24.1 Å². The molecule has 2 unspecified atom stereocenters. The van der Waals surface area contributed by atoms with Gasteiger partial charge in [-0.1, -0.05) is 17.7 Å². The number of ether oxygens (including phenoxy) is 2. The van der Waals surface area contributed by atoms with Gasteiger partial charge >= 0.3 is 0 Å². The molecule has 20 heavy (non-hydrogen) atoms. The van der Waals surface area contributed by atoms with Gasteiger partial charge in [-0.25, -0.2) is 0 Å². The lowest BCUT2D eigenvalue weighted by Gasteiger charge is -2.36. The Morgan fingerprint density at radius 2 is 1.85 bits per heavy atom. The lowest BCUT2D eigenvalue weighted by atomic mass is 10.1. The number of methoxy groups -OCH3 is 2. The standard InChI is InChI=1S/C15H23ClN2O2/c1-10-7-18(8-11(2)17-10)9-12-5-6-13(19-3)15(20-4)14(12)16/h5-6,10-11,17H,7-9H2,1-4H3. The Hall–Kier alpha value is -0.970. The first kappa shape index (κ1) is 15.4. The van der Waals surface area contributed by atoms with Crippen molar-refractivity contribution in [3.05, 3.63) is 22.7 Å². The minimum atomic E-state index is 0.498. The summed E-state index contributed by atoms with van der Waals surface area (Å²) in [5.74, 6) is 1.28. The Morgan fingerprint density at radius 1 is 1.20 bits per heavy atom. The van der Waals surface area contributed by atoms with E-state index in [4.69, 9.17) is 21.1 Å². The van der Waals surface area contributed by atoms with E-state index in [1.807, 2.05) is 12.1 Å². The molecule has 0 amide bonds. The fraction of sp³-hybridized carbons (Fsp3) is 0.600. The van der Waals surface area contributed by atoms with Crippen LogP contribution >= 0.6 is 11.6 Å². The summed E-state index contributed by atoms with van der Waals surface area (Å²) in [7, 11) is 3.23. The van der Waals surface area contributed by atoms with E-state index in [1.54, 1.807) is 14.2 Å². The second-order valence-electron chi connectivity index (χ2n) is 5.44. The van der Waals surface area contributed by atoms with E-state index in [0.29, 0.717) is 28.6 Å². The molecule has 5 heteroatoms. The van der Waals surface area contributed by atoms with Crippen molar-refractivity contribution in [1.29, 1.82) is 0 Å². The topological polar surface area (TPSA) is 33.7 Å². The Morgan fingerprint density at radius 3 is 2.40 bits per heavy atom. The molecule has 1 aliphatic heterocycles. The van der Waals surface area contributed by atoms with Crippen molar-refractivity contribution < 1.29 is 9.47 Å². The van der Waals surface area contributed by atoms with Gasteiger partial charge in [0, 0.05) is 31.7 Å². The summed E-state index contributed by atoms with van der Waals surface area (Å²) in [5.41, 5.74) is 1.07. The molecule has 0 bridgehead atoms. The molecule has 1 aromatic rings. The fourth-order valence-corrected chi connectivity index (χ4v) is 3.16. The van der Waals surface area contributed by atoms with Gasteiger partial charge in [-0.3, -0.25) is 4.90 Å². The third kappa shape index (κ3) is 3.37. The van der Waals surface area contributed by atoms with Gasteiger partial charge in [0.15, 0.2) is 11.5 Å². The monoisotopic (exact) mass is 298 g/mol. The maximum atomic E-state index is 6.44. The average molecular weight is 299 g/mol. The zero-order valence-corrected chi connectivity index (χ0v) is 13.3. The highest BCUT2D eigenvalue weighted by molar-refractivity contribution is 6.33. The molecular weight excluding hydrogens is 276 g/mol. The molecule has 1 aliphatic rings. The highest BCUT2D eigenvalue weighted by atomic mass is 35.5. The molecule has 4 nitrogen and oxygen atoms in total. The molecule has 1 fully saturated rings. The molecule has 0 aromatic heterocycles. The summed E-state index contributed by atoms with van der Waals surface area (Å²) in [6.45, 7) is 7.29. The molecule has 1 heterocycles. The largest absolute Gasteiger partial charge is 0.493 e. The van der Waals surface area contributed by atoms with Crippen molar-refractivity contribution in [2.24, 2.45) is 0 Å². The molecule has 112 valence electrons. The van der Waals surface area contributed by atoms with Crippen molar-refractivity contribution in [3.8, 4) is 11.5 Å². The first-order valence-electron chi connectivity index (χ1n) is 6.93. The molecule has 1 N–H and O–H groups in total. The Balaban J connectivity index is 2.17. The van der Waals surface area contributed by atoms with Crippen LogP contribution in [0.15, 0.2) is 12.1 Å². The number of nitrogens with zero attached hydrogens (tertiary/aromatic N) is 1. The van der Waals surface area contributed by atoms with E-state index >= 15 is 0 Å². The molecule has 0 aliphatic carbocycles. The summed E-state index contributed by atoms with van der Waals surface area (Å²) in [5, 5.41) is 4.18. The lowest BCUT2D eigenvalue weighted by molar-refractivity contribution is 0.166. The molecule has 1 aromatic carbocycles. The summed E-state index contributed by atoms with van der Waals surface area (Å²) >= 11 is 6.44. The SMILES string of the molecule is COc1ccc(CN2CC(C)NC(C)C2)c(Cl)c1OC. The maximum Gasteiger partial charge on any atom is 0.179 e. The predicted octanol–water partition coefficient (Wildman–Crippen LogP) is 2.54. The van der Waals surface area contributed by atoms with Gasteiger partial charge in [0.2, 0.25) is 0 Å². The zero-order chi connectivity index (χ0) is 14.7. The predicted molar refractivity (Wildman–Crippen MR) is 81.9 cm³/mol. The number of rotatable bonds is 4. The van der Waals surface area contributed by atoms with Gasteiger partial charge < -0.3 is 14.8 Å². The van der Waals surface area contributed by atoms with Crippen LogP contribution in [0.1, 0.15) is 19.4 Å². The average Bonchev–Trinajstić information content (AvgIpc) is 2.39. The number of benzene rings is 1. The fourth-order valence-electron chi connectivity index (χ4n) is 2.86. The van der Waals surface area contributed by atoms with Crippen molar-refractivity contribution >= 4 is 11.6 Å². The van der Waals surface area contributed by atoms with E-state index in [9.17, 15) is 0 Å². The minimum absolute atomic E-state index is 0.498. The minimum Gasteiger partial charge on any atom is -0.493 e. The van der Waals surface area contributed by atoms with Crippen LogP contribution in [-0.4, -0.2) is 44.3 Å². The molecule has 0 radical (unpaired) electrons. The number of piperazine rings is 1. The first-order chi connectivity index (χ1) is 9.55. The number of hydrogen-bond donors (Lipinski definition) is 1. The van der Waals surface area contributed by atoms with Gasteiger partial charge in [-0.05, 0) is 25.5 Å². The van der Waals surface area contributed by atoms with Crippen LogP contribution in [0.3, 0.4) is 0 Å². The van der Waals surface area contributed by atoms with Crippen LogP contribution in [0.2, 0.25) is 5.02 Å². The van der Waals surface area contributed by atoms with Gasteiger partial charge in [0.25, 0.3) is 0 Å². The maximum absolute atomic E-state index is 6.44. The van der Waals surface area contributed by atoms with Gasteiger partial charge in [-0.15, -0.1) is 0 Å². The quantitative estimate of drug-likeness (QED) is 0.926. The molecule has 0 spiro atoms. The van der Waals surface area contributed by atoms with Crippen molar-refractivity contribution in [1.82, 2.24) is 10.2 Å². The first-order valence-corrected chi connectivity index (χ1v) is 7.30. The van der Waals surface area contributed by atoms with E-state index < -0.39 is 0 Å². The van der Waals surface area contributed by atoms with Crippen molar-refractivity contribution in [3.63, 3.8) is 0 Å². The summed E-state index contributed by atoms with van der Waals surface area (Å²) in [4.78, 5) is 2.42. The summed E-state index contributed by atoms with van der Waals surface area (Å²) in [6.07, 6.45) is 0. The number of nitrogens with one attached hydrogen (secondary N) is 1. The van der Waals surface area contributed by atoms with Crippen molar-refractivity contribution in [2.45, 2.75) is 32.5 Å². The molecule has 2 atom stereocenters. The van der Waals surface area contributed by atoms with Crippen LogP contribution in [0.25, 0.3) is 0 Å². The summed E-state index contributed by atoms with van der Waals surface area (Å²) < 4.78 is 10.6. The molecule has 1 saturated heterocycles. The Labute approximate surface area is 126 Å². The summed E-state index contributed by atoms with van der Waals surface area (Å²) in [6, 6.07) is 4.92. The van der Waals surface area contributed by atoms with Crippen LogP contribution in [0, 0.1) is 0 Å². The number of halogens is 1. The van der Waals surface area contributed by atoms with Gasteiger partial charge in [-0.2, -0.15) is 0 Å². The van der Waals surface area contributed by atoms with Crippen LogP contribution in [0.5, 0.6) is 11.5 Å². The van der Waals surface area contributed by atoms with Gasteiger partial charge in [0.05, 0.1) is 19.2 Å². The second kappa shape index (κ2) is 6.66. The Kier molecular flexibility index (Phi) is 5.13. The van der Waals surface area contributed by atoms with Gasteiger partial charge in [0.1, 0.15) is 0 Å². The lowest BCUT2D eigenvalue weighted by Crippen LogP contribution is -2.53. The second-order valence-corrected chi connectivity index (χ2v) is 5.81. The highest BCUT2D eigenvalue weighted by Crippen LogP contribution is 2.37. The third-order valence-corrected chi connectivity index (χ3v) is 4.01. The molecular formula is C15H23ClN2O2. The highest BCUT2D eigenvalue weighted by Gasteiger charge is 2.22. The van der Waals surface area contributed by atoms with Crippen LogP contribution in [-0.2, 0) is 6.54 Å². The van der Waals surface area contributed by atoms with Crippen molar-refractivity contribution in [2.75, 3.05) is 27.3 Å². The molecule has 0 saturated carbocycles. The van der Waals surface area contributed by atoms with Crippen LogP contribution < -0.4 is 14.8 Å². The zero-order valence-electron chi connectivity index (χ0n) is 12.6. The number of hydrogen-bond acceptors (Lipinski definition) is 4. The normalized spacial score (nSPS) is 23.6. The smallest absolute Gasteiger partial charge is 0.179 e. The van der Waals surface area contributed by atoms with E-state index in [0.717, 1.165) is 25.2 Å². The molecule has 2 rings (SSSR count).